The molecule has 0 unspecified atom stereocenters. The molecule has 2 aliphatic rings. The summed E-state index contributed by atoms with van der Waals surface area (Å²) in [5.74, 6) is 2.66. The SMILES string of the molecule is CCCCn1c(CN(CC2=CC=CCC2=S)Cc2ccc3c(c2)OCO3)cnc1-c1ccccc1. The molecule has 0 radical (unpaired) electrons. The van der Waals surface area contributed by atoms with Gasteiger partial charge in [0.25, 0.3) is 0 Å². The molecule has 180 valence electrons. The van der Waals surface area contributed by atoms with Crippen molar-refractivity contribution in [3.8, 4) is 22.9 Å². The fraction of sp³-hybridized carbons (Fsp3) is 0.310. The van der Waals surface area contributed by atoms with Gasteiger partial charge >= 0.3 is 0 Å². The number of aromatic nitrogens is 2. The molecule has 3 aromatic rings. The summed E-state index contributed by atoms with van der Waals surface area (Å²) in [7, 11) is 0. The molecule has 0 amide bonds. The predicted octanol–water partition coefficient (Wildman–Crippen LogP) is 6.34. The molecule has 0 N–H and O–H groups in total. The van der Waals surface area contributed by atoms with Crippen LogP contribution in [0.5, 0.6) is 11.5 Å². The van der Waals surface area contributed by atoms with Crippen molar-refractivity contribution in [2.75, 3.05) is 13.3 Å². The van der Waals surface area contributed by atoms with Crippen molar-refractivity contribution in [3.63, 3.8) is 0 Å². The Balaban J connectivity index is 1.44. The van der Waals surface area contributed by atoms with E-state index in [4.69, 9.17) is 26.7 Å². The molecule has 2 aromatic carbocycles. The number of hydrogen-bond acceptors (Lipinski definition) is 5. The molecule has 5 rings (SSSR count). The number of unbranched alkanes of at least 4 members (excludes halogenated alkanes) is 1. The highest BCUT2D eigenvalue weighted by atomic mass is 32.1. The first-order chi connectivity index (χ1) is 17.2. The Morgan fingerprint density at radius 3 is 2.71 bits per heavy atom. The Kier molecular flexibility index (Phi) is 7.40. The molecule has 5 nitrogen and oxygen atoms in total. The Morgan fingerprint density at radius 2 is 1.89 bits per heavy atom. The van der Waals surface area contributed by atoms with Crippen LogP contribution in [0.4, 0.5) is 0 Å². The van der Waals surface area contributed by atoms with Gasteiger partial charge in [0.1, 0.15) is 5.82 Å². The first-order valence-corrected chi connectivity index (χ1v) is 12.7. The normalized spacial score (nSPS) is 14.6. The fourth-order valence-electron chi connectivity index (χ4n) is 4.58. The smallest absolute Gasteiger partial charge is 0.231 e. The van der Waals surface area contributed by atoms with Crippen LogP contribution in [0.1, 0.15) is 37.4 Å². The van der Waals surface area contributed by atoms with E-state index in [9.17, 15) is 0 Å². The molecule has 1 aromatic heterocycles. The Bertz CT molecular complexity index is 1250. The van der Waals surface area contributed by atoms with E-state index in [0.717, 1.165) is 73.2 Å². The number of nitrogens with zero attached hydrogens (tertiary/aromatic N) is 3. The second-order valence-corrected chi connectivity index (χ2v) is 9.52. The zero-order valence-corrected chi connectivity index (χ0v) is 21.0. The van der Waals surface area contributed by atoms with E-state index in [0.29, 0.717) is 0 Å². The average molecular weight is 486 g/mol. The van der Waals surface area contributed by atoms with Crippen LogP contribution >= 0.6 is 12.2 Å². The number of benzene rings is 2. The fourth-order valence-corrected chi connectivity index (χ4v) is 4.81. The summed E-state index contributed by atoms with van der Waals surface area (Å²) in [4.78, 5) is 8.33. The number of ether oxygens (including phenoxy) is 2. The highest BCUT2D eigenvalue weighted by Crippen LogP contribution is 2.33. The van der Waals surface area contributed by atoms with Crippen LogP contribution in [0.3, 0.4) is 0 Å². The Hall–Kier alpha value is -3.22. The van der Waals surface area contributed by atoms with Crippen LogP contribution in [-0.2, 0) is 19.6 Å². The Morgan fingerprint density at radius 1 is 1.03 bits per heavy atom. The first-order valence-electron chi connectivity index (χ1n) is 12.3. The summed E-state index contributed by atoms with van der Waals surface area (Å²) in [5.41, 5.74) is 4.77. The van der Waals surface area contributed by atoms with E-state index in [2.05, 4.69) is 71.0 Å². The van der Waals surface area contributed by atoms with E-state index in [-0.39, 0.29) is 6.79 Å². The van der Waals surface area contributed by atoms with Crippen molar-refractivity contribution in [1.82, 2.24) is 14.5 Å². The minimum atomic E-state index is 0.287. The number of hydrogen-bond donors (Lipinski definition) is 0. The molecule has 0 atom stereocenters. The third-order valence-electron chi connectivity index (χ3n) is 6.42. The molecule has 0 bridgehead atoms. The summed E-state index contributed by atoms with van der Waals surface area (Å²) in [6.45, 7) is 5.82. The van der Waals surface area contributed by atoms with Crippen LogP contribution < -0.4 is 9.47 Å². The second kappa shape index (κ2) is 11.0. The second-order valence-electron chi connectivity index (χ2n) is 9.02. The van der Waals surface area contributed by atoms with Gasteiger partial charge in [0, 0.05) is 43.0 Å². The monoisotopic (exact) mass is 485 g/mol. The lowest BCUT2D eigenvalue weighted by molar-refractivity contribution is 0.174. The van der Waals surface area contributed by atoms with Gasteiger partial charge in [0.05, 0.1) is 11.9 Å². The highest BCUT2D eigenvalue weighted by molar-refractivity contribution is 7.80. The molecule has 1 aliphatic carbocycles. The molecule has 0 saturated heterocycles. The van der Waals surface area contributed by atoms with Crippen molar-refractivity contribution in [2.45, 2.75) is 45.8 Å². The van der Waals surface area contributed by atoms with Gasteiger partial charge in [-0.1, -0.05) is 80.2 Å². The maximum atomic E-state index is 5.69. The third kappa shape index (κ3) is 5.55. The number of fused-ring (bicyclic) bond motifs is 1. The van der Waals surface area contributed by atoms with Gasteiger partial charge in [-0.15, -0.1) is 0 Å². The van der Waals surface area contributed by atoms with E-state index in [1.165, 1.54) is 16.8 Å². The van der Waals surface area contributed by atoms with Gasteiger partial charge < -0.3 is 14.0 Å². The van der Waals surface area contributed by atoms with Gasteiger partial charge in [-0.3, -0.25) is 4.90 Å². The molecular formula is C29H31N3O2S. The number of thiocarbonyl (C=S) groups is 1. The lowest BCUT2D eigenvalue weighted by atomic mass is 10.0. The van der Waals surface area contributed by atoms with Crippen molar-refractivity contribution in [2.24, 2.45) is 0 Å². The van der Waals surface area contributed by atoms with Crippen LogP contribution in [0.15, 0.2) is 78.5 Å². The van der Waals surface area contributed by atoms with Gasteiger partial charge in [-0.05, 0) is 29.7 Å². The quantitative estimate of drug-likeness (QED) is 0.314. The number of rotatable bonds is 10. The van der Waals surface area contributed by atoms with Crippen LogP contribution in [0, 0.1) is 0 Å². The van der Waals surface area contributed by atoms with E-state index < -0.39 is 0 Å². The minimum absolute atomic E-state index is 0.287. The summed E-state index contributed by atoms with van der Waals surface area (Å²) >= 11 is 5.69. The van der Waals surface area contributed by atoms with Crippen LogP contribution in [0.25, 0.3) is 11.4 Å². The van der Waals surface area contributed by atoms with Crippen molar-refractivity contribution in [1.29, 1.82) is 0 Å². The predicted molar refractivity (Wildman–Crippen MR) is 144 cm³/mol. The minimum Gasteiger partial charge on any atom is -0.454 e. The summed E-state index contributed by atoms with van der Waals surface area (Å²) < 4.78 is 13.5. The third-order valence-corrected chi connectivity index (χ3v) is 6.85. The number of imidazole rings is 1. The van der Waals surface area contributed by atoms with E-state index in [1.54, 1.807) is 0 Å². The van der Waals surface area contributed by atoms with E-state index >= 15 is 0 Å². The van der Waals surface area contributed by atoms with E-state index in [1.807, 2.05) is 18.3 Å². The molecule has 1 aliphatic heterocycles. The standard InChI is InChI=1S/C29H31N3O2S/c1-2-3-15-32-25(17-30-29(32)23-9-5-4-6-10-23)20-31(19-24-11-7-8-12-28(24)35)18-22-13-14-26-27(16-22)34-21-33-26/h4-11,13-14,16-17H,2-3,12,15,18-21H2,1H3. The maximum absolute atomic E-state index is 5.69. The van der Waals surface area contributed by atoms with Gasteiger partial charge in [0.15, 0.2) is 11.5 Å². The number of allylic oxidation sites excluding steroid dienone is 3. The van der Waals surface area contributed by atoms with Gasteiger partial charge in [-0.2, -0.15) is 0 Å². The molecular weight excluding hydrogens is 454 g/mol. The maximum Gasteiger partial charge on any atom is 0.231 e. The van der Waals surface area contributed by atoms with Crippen LogP contribution in [-0.4, -0.2) is 32.7 Å². The summed E-state index contributed by atoms with van der Waals surface area (Å²) in [6, 6.07) is 16.7. The topological polar surface area (TPSA) is 39.5 Å². The molecule has 6 heteroatoms. The molecule has 35 heavy (non-hydrogen) atoms. The molecule has 0 saturated carbocycles. The van der Waals surface area contributed by atoms with Gasteiger partial charge in [0.2, 0.25) is 6.79 Å². The van der Waals surface area contributed by atoms with Crippen molar-refractivity contribution < 1.29 is 9.47 Å². The Labute approximate surface area is 212 Å². The molecule has 0 fully saturated rings. The zero-order chi connectivity index (χ0) is 24.0. The largest absolute Gasteiger partial charge is 0.454 e. The van der Waals surface area contributed by atoms with Crippen molar-refractivity contribution >= 4 is 17.1 Å². The lowest BCUT2D eigenvalue weighted by Gasteiger charge is -2.26. The van der Waals surface area contributed by atoms with Gasteiger partial charge in [-0.25, -0.2) is 4.98 Å². The first kappa shape index (κ1) is 23.5. The molecule has 0 spiro atoms. The zero-order valence-electron chi connectivity index (χ0n) is 20.2. The lowest BCUT2D eigenvalue weighted by Crippen LogP contribution is -2.28. The average Bonchev–Trinajstić information content (AvgIpc) is 3.51. The van der Waals surface area contributed by atoms with Crippen molar-refractivity contribution in [3.05, 3.63) is 89.8 Å². The molecule has 2 heterocycles. The summed E-state index contributed by atoms with van der Waals surface area (Å²) in [5, 5.41) is 0. The highest BCUT2D eigenvalue weighted by Gasteiger charge is 2.20. The van der Waals surface area contributed by atoms with Crippen LogP contribution in [0.2, 0.25) is 0 Å². The summed E-state index contributed by atoms with van der Waals surface area (Å²) in [6.07, 6.45) is 11.5.